The van der Waals surface area contributed by atoms with Crippen LogP contribution < -0.4 is 20.5 Å². The number of nitrogens with two attached hydrogens (primary N) is 1. The molecule has 0 aliphatic heterocycles. The number of ether oxygens (including phenoxy) is 1. The van der Waals surface area contributed by atoms with E-state index >= 15 is 0 Å². The van der Waals surface area contributed by atoms with Crippen LogP contribution in [0.5, 0.6) is 5.75 Å². The van der Waals surface area contributed by atoms with E-state index in [1.54, 1.807) is 26.8 Å². The van der Waals surface area contributed by atoms with Gasteiger partial charge in [0, 0.05) is 0 Å². The summed E-state index contributed by atoms with van der Waals surface area (Å²) in [6.45, 7) is 5.24. The molecule has 12 heteroatoms. The Balaban J connectivity index is 2.83. The average molecular weight is 426 g/mol. The van der Waals surface area contributed by atoms with Crippen molar-refractivity contribution < 1.29 is 27.8 Å². The van der Waals surface area contributed by atoms with Crippen molar-refractivity contribution in [3.05, 3.63) is 22.8 Å². The average Bonchev–Trinajstić information content (AvgIpc) is 2.63. The molecule has 0 aromatic heterocycles. The summed E-state index contributed by atoms with van der Waals surface area (Å²) in [5, 5.41) is 11.6. The molecule has 1 unspecified atom stereocenters. The number of hydrogen-bond acceptors (Lipinski definition) is 7. The maximum atomic E-state index is 12.8. The molecule has 1 aromatic rings. The Bertz CT molecular complexity index is 888. The molecule has 0 spiro atoms. The van der Waals surface area contributed by atoms with Gasteiger partial charge in [0.2, 0.25) is 0 Å². The molecule has 1 aromatic carbocycles. The second kappa shape index (κ2) is 10.9. The van der Waals surface area contributed by atoms with E-state index in [1.807, 2.05) is 0 Å². The van der Waals surface area contributed by atoms with Crippen LogP contribution in [0.3, 0.4) is 0 Å². The Morgan fingerprint density at radius 3 is 2.55 bits per heavy atom. The predicted molar refractivity (Wildman–Crippen MR) is 109 cm³/mol. The number of benzene rings is 1. The first-order chi connectivity index (χ1) is 13.5. The quantitative estimate of drug-likeness (QED) is 0.167. The molecular formula is C17H27BN4O6S. The summed E-state index contributed by atoms with van der Waals surface area (Å²) in [7, 11) is -1.86. The number of nitrogens with zero attached hydrogens (tertiary/aromatic N) is 1. The Hall–Kier alpha value is -2.47. The van der Waals surface area contributed by atoms with Crippen LogP contribution in [0, 0.1) is 20.8 Å². The number of carbonyl (C=O) groups is 1. The summed E-state index contributed by atoms with van der Waals surface area (Å²) in [4.78, 5) is 15.1. The fourth-order valence-electron chi connectivity index (χ4n) is 2.87. The molecule has 0 aliphatic carbocycles. The van der Waals surface area contributed by atoms with Crippen LogP contribution in [0.1, 0.15) is 29.5 Å². The molecule has 1 atom stereocenters. The van der Waals surface area contributed by atoms with Gasteiger partial charge < -0.3 is 4.74 Å². The van der Waals surface area contributed by atoms with Crippen LogP contribution in [0.15, 0.2) is 16.0 Å². The van der Waals surface area contributed by atoms with Crippen molar-refractivity contribution in [1.29, 1.82) is 0 Å². The number of sulfonamides is 1. The van der Waals surface area contributed by atoms with Crippen molar-refractivity contribution in [3.63, 3.8) is 0 Å². The first-order valence-electron chi connectivity index (χ1n) is 8.92. The van der Waals surface area contributed by atoms with Crippen LogP contribution in [-0.2, 0) is 19.5 Å². The minimum atomic E-state index is -3.95. The van der Waals surface area contributed by atoms with Gasteiger partial charge in [-0.3, -0.25) is 0 Å². The summed E-state index contributed by atoms with van der Waals surface area (Å²) >= 11 is 0. The number of hydrogen-bond donors (Lipinski definition) is 4. The number of aryl methyl sites for hydroxylation is 1. The van der Waals surface area contributed by atoms with E-state index in [-0.39, 0.29) is 30.3 Å². The Morgan fingerprint density at radius 1 is 1.34 bits per heavy atom. The zero-order chi connectivity index (χ0) is 22.2. The summed E-state index contributed by atoms with van der Waals surface area (Å²) < 4.78 is 43.3. The van der Waals surface area contributed by atoms with Gasteiger partial charge in [-0.2, -0.15) is 0 Å². The van der Waals surface area contributed by atoms with Crippen molar-refractivity contribution >= 4 is 29.1 Å². The van der Waals surface area contributed by atoms with Crippen LogP contribution in [0.25, 0.3) is 0 Å². The van der Waals surface area contributed by atoms with E-state index in [0.717, 1.165) is 0 Å². The molecule has 0 bridgehead atoms. The summed E-state index contributed by atoms with van der Waals surface area (Å²) in [6.07, 6.45) is 0.482. The van der Waals surface area contributed by atoms with Crippen molar-refractivity contribution in [1.82, 2.24) is 10.0 Å². The van der Waals surface area contributed by atoms with Gasteiger partial charge in [-0.1, -0.05) is 0 Å². The minimum absolute atomic E-state index is 0.0673. The molecule has 0 saturated carbocycles. The number of carboxylic acid groups (broad SMARTS) is 1. The van der Waals surface area contributed by atoms with Gasteiger partial charge in [0.1, 0.15) is 5.75 Å². The molecule has 10 nitrogen and oxygen atoms in total. The van der Waals surface area contributed by atoms with Crippen molar-refractivity contribution in [2.45, 2.75) is 44.6 Å². The molecule has 0 heterocycles. The van der Waals surface area contributed by atoms with E-state index in [2.05, 4.69) is 15.0 Å². The van der Waals surface area contributed by atoms with Gasteiger partial charge in [0.15, 0.2) is 0 Å². The zero-order valence-corrected chi connectivity index (χ0v) is 17.8. The van der Waals surface area contributed by atoms with E-state index in [9.17, 15) is 17.9 Å². The van der Waals surface area contributed by atoms with Crippen LogP contribution in [0.4, 0.5) is 0 Å². The molecule has 160 valence electrons. The minimum Gasteiger partial charge on any atom is -0.0380 e. The fraction of sp³-hybridized carbons (Fsp3) is 0.529. The van der Waals surface area contributed by atoms with Gasteiger partial charge in [-0.25, -0.2) is 0 Å². The zero-order valence-electron chi connectivity index (χ0n) is 17.0. The van der Waals surface area contributed by atoms with E-state index in [1.165, 1.54) is 7.11 Å². The standard InChI is InChI=1S/C17H27BN4O6S/c1-10-8-14(28-4)11(2)12(3)15(10)29(26,27)22-17(19)20-7-5-6-13(16(23)24)21-9-18-25/h8,13,21H,5-7,9H2,1-4H3,(H,23,24)(H3,19,20,22). The first-order valence-corrected chi connectivity index (χ1v) is 10.4. The Labute approximate surface area is 171 Å². The van der Waals surface area contributed by atoms with E-state index in [0.29, 0.717) is 36.0 Å². The smallest absolute Gasteiger partial charge is 0.0380 e. The first kappa shape index (κ1) is 24.6. The molecule has 0 amide bonds. The normalized spacial score (nSPS) is 12.9. The summed E-state index contributed by atoms with van der Waals surface area (Å²) in [6, 6.07) is 0.753. The third kappa shape index (κ3) is 6.82. The molecular weight excluding hydrogens is 399 g/mol. The van der Waals surface area contributed by atoms with Gasteiger partial charge in [-0.05, 0) is 32.4 Å². The summed E-state index contributed by atoms with van der Waals surface area (Å²) in [5.41, 5.74) is 7.47. The van der Waals surface area contributed by atoms with E-state index in [4.69, 9.17) is 15.6 Å². The predicted octanol–water partition coefficient (Wildman–Crippen LogP) is 0.0437. The Kier molecular flexibility index (Phi) is 9.24. The number of nitrogens with one attached hydrogen (secondary N) is 2. The SMILES string of the molecule is COc1cc(C)c(S(=O)(=O)NC(N)=NCCCC(NCB=O)C(=O)O)c(C)c1C. The van der Waals surface area contributed by atoms with Gasteiger partial charge in [0.05, 0.1) is 7.11 Å². The van der Waals surface area contributed by atoms with E-state index < -0.39 is 22.0 Å². The van der Waals surface area contributed by atoms with Crippen molar-refractivity contribution in [2.24, 2.45) is 10.7 Å². The molecule has 0 aliphatic rings. The number of carboxylic acids is 1. The monoisotopic (exact) mass is 426 g/mol. The number of methoxy groups -OCH3 is 1. The summed E-state index contributed by atoms with van der Waals surface area (Å²) in [5.74, 6) is -0.771. The van der Waals surface area contributed by atoms with Gasteiger partial charge in [-0.15, -0.1) is 0 Å². The Morgan fingerprint density at radius 2 is 2.00 bits per heavy atom. The second-order valence-corrected chi connectivity index (χ2v) is 8.07. The van der Waals surface area contributed by atoms with Crippen LogP contribution >= 0.6 is 0 Å². The van der Waals surface area contributed by atoms with Crippen molar-refractivity contribution in [2.75, 3.05) is 20.1 Å². The molecule has 29 heavy (non-hydrogen) atoms. The second-order valence-electron chi connectivity index (χ2n) is 6.46. The number of aliphatic imine (C=N–C) groups is 1. The fourth-order valence-corrected chi connectivity index (χ4v) is 4.35. The number of rotatable bonds is 11. The van der Waals surface area contributed by atoms with Crippen LogP contribution in [-0.4, -0.2) is 58.7 Å². The molecule has 0 saturated heterocycles. The molecule has 0 fully saturated rings. The third-order valence-corrected chi connectivity index (χ3v) is 6.03. The molecule has 0 radical (unpaired) electrons. The van der Waals surface area contributed by atoms with Gasteiger partial charge >= 0.3 is 121 Å². The topological polar surface area (TPSA) is 160 Å². The third-order valence-electron chi connectivity index (χ3n) is 4.38. The molecule has 5 N–H and O–H groups in total. The maximum absolute atomic E-state index is 12.8. The van der Waals surface area contributed by atoms with Gasteiger partial charge in [0.25, 0.3) is 0 Å². The molecule has 1 rings (SSSR count). The number of guanidine groups is 1. The van der Waals surface area contributed by atoms with Crippen molar-refractivity contribution in [3.8, 4) is 5.75 Å². The van der Waals surface area contributed by atoms with Crippen LogP contribution in [0.2, 0.25) is 0 Å². The number of aliphatic carboxylic acids is 1.